The molecule has 1 saturated heterocycles. The first-order chi connectivity index (χ1) is 12.4. The van der Waals surface area contributed by atoms with Crippen molar-refractivity contribution in [2.45, 2.75) is 0 Å². The minimum absolute atomic E-state index is 0.661. The van der Waals surface area contributed by atoms with Gasteiger partial charge in [0.1, 0.15) is 24.7 Å². The van der Waals surface area contributed by atoms with E-state index in [1.54, 1.807) is 0 Å². The zero-order valence-corrected chi connectivity index (χ0v) is 14.9. The highest BCUT2D eigenvalue weighted by molar-refractivity contribution is 8.03. The highest BCUT2D eigenvalue weighted by Crippen LogP contribution is 2.30. The average molecular weight is 354 g/mol. The quantitative estimate of drug-likeness (QED) is 0.887. The van der Waals surface area contributed by atoms with Gasteiger partial charge in [-0.05, 0) is 35.9 Å². The fraction of sp³-hybridized carbons (Fsp3) is 0.300. The summed E-state index contributed by atoms with van der Waals surface area (Å²) in [4.78, 5) is 3.71. The molecule has 0 bridgehead atoms. The summed E-state index contributed by atoms with van der Waals surface area (Å²) in [5.41, 5.74) is 2.38. The Morgan fingerprint density at radius 3 is 2.88 bits per heavy atom. The third kappa shape index (κ3) is 4.11. The van der Waals surface area contributed by atoms with E-state index < -0.39 is 0 Å². The molecule has 0 spiro atoms. The summed E-state index contributed by atoms with van der Waals surface area (Å²) in [6.45, 7) is 4.12. The molecule has 2 aromatic carbocycles. The first kappa shape index (κ1) is 16.4. The van der Waals surface area contributed by atoms with Crippen molar-refractivity contribution in [3.8, 4) is 11.5 Å². The number of rotatable bonds is 5. The second kappa shape index (κ2) is 7.85. The summed E-state index contributed by atoms with van der Waals surface area (Å²) in [5, 5.41) is 3.33. The molecule has 2 aliphatic rings. The first-order valence-electron chi connectivity index (χ1n) is 8.62. The average Bonchev–Trinajstić information content (AvgIpc) is 3.16. The van der Waals surface area contributed by atoms with Gasteiger partial charge in [-0.15, -0.1) is 11.8 Å². The van der Waals surface area contributed by atoms with Crippen LogP contribution in [0.3, 0.4) is 0 Å². The van der Waals surface area contributed by atoms with Crippen LogP contribution in [0, 0.1) is 0 Å². The number of ether oxygens (including phenoxy) is 2. The molecule has 25 heavy (non-hydrogen) atoms. The number of benzene rings is 2. The van der Waals surface area contributed by atoms with E-state index in [2.05, 4.69) is 34.5 Å². The normalized spacial score (nSPS) is 18.1. The maximum absolute atomic E-state index is 5.93. The number of nitrogens with one attached hydrogen (secondary N) is 1. The first-order valence-corrected chi connectivity index (χ1v) is 9.61. The topological polar surface area (TPSA) is 33.7 Å². The van der Waals surface area contributed by atoms with Crippen LogP contribution in [-0.4, -0.2) is 38.7 Å². The molecule has 4 rings (SSSR count). The Bertz CT molecular complexity index is 738. The van der Waals surface area contributed by atoms with Crippen molar-refractivity contribution in [2.24, 2.45) is 0 Å². The van der Waals surface area contributed by atoms with Gasteiger partial charge in [-0.2, -0.15) is 0 Å². The molecule has 4 nitrogen and oxygen atoms in total. The number of hydrogen-bond donors (Lipinski definition) is 1. The molecule has 0 aromatic heterocycles. The Balaban J connectivity index is 1.31. The summed E-state index contributed by atoms with van der Waals surface area (Å²) in [7, 11) is 0. The molecule has 0 radical (unpaired) electrons. The van der Waals surface area contributed by atoms with Crippen LogP contribution in [-0.2, 0) is 0 Å². The van der Waals surface area contributed by atoms with Crippen molar-refractivity contribution in [1.82, 2.24) is 5.32 Å². The fourth-order valence-electron chi connectivity index (χ4n) is 3.04. The standard InChI is InChI=1S/C20H22N2O2S/c1-2-4-20-19(3-1)22(10-12-24-20)9-11-23-17-7-5-16(6-8-17)13-18-14-21-15-25-18/h1-8,13,21H,9-12,14-15H2. The Kier molecular flexibility index (Phi) is 5.14. The number of anilines is 1. The van der Waals surface area contributed by atoms with Gasteiger partial charge < -0.3 is 19.7 Å². The molecule has 2 heterocycles. The minimum atomic E-state index is 0.661. The molecule has 2 aromatic rings. The lowest BCUT2D eigenvalue weighted by Crippen LogP contribution is -2.35. The van der Waals surface area contributed by atoms with E-state index in [0.29, 0.717) is 6.61 Å². The third-order valence-electron chi connectivity index (χ3n) is 4.32. The van der Waals surface area contributed by atoms with Crippen molar-refractivity contribution in [1.29, 1.82) is 0 Å². The second-order valence-electron chi connectivity index (χ2n) is 6.05. The van der Waals surface area contributed by atoms with E-state index in [1.807, 2.05) is 42.1 Å². The second-order valence-corrected chi connectivity index (χ2v) is 7.15. The highest BCUT2D eigenvalue weighted by atomic mass is 32.2. The molecular formula is C20H22N2O2S. The smallest absolute Gasteiger partial charge is 0.142 e. The lowest BCUT2D eigenvalue weighted by Gasteiger charge is -2.31. The number of para-hydroxylation sites is 2. The summed E-state index contributed by atoms with van der Waals surface area (Å²) in [5.74, 6) is 2.89. The zero-order valence-electron chi connectivity index (χ0n) is 14.1. The predicted octanol–water partition coefficient (Wildman–Crippen LogP) is 3.60. The Morgan fingerprint density at radius 1 is 1.16 bits per heavy atom. The molecule has 0 aliphatic carbocycles. The van der Waals surface area contributed by atoms with Crippen molar-refractivity contribution in [3.05, 3.63) is 59.0 Å². The van der Waals surface area contributed by atoms with E-state index in [-0.39, 0.29) is 0 Å². The van der Waals surface area contributed by atoms with E-state index in [1.165, 1.54) is 10.5 Å². The van der Waals surface area contributed by atoms with Gasteiger partial charge in [0.25, 0.3) is 0 Å². The zero-order chi connectivity index (χ0) is 16.9. The summed E-state index contributed by atoms with van der Waals surface area (Å²) >= 11 is 1.87. The van der Waals surface area contributed by atoms with Crippen LogP contribution in [0.1, 0.15) is 5.56 Å². The lowest BCUT2D eigenvalue weighted by atomic mass is 10.2. The number of nitrogens with zero attached hydrogens (tertiary/aromatic N) is 1. The molecule has 0 atom stereocenters. The third-order valence-corrected chi connectivity index (χ3v) is 5.30. The maximum atomic E-state index is 5.93. The summed E-state index contributed by atoms with van der Waals surface area (Å²) < 4.78 is 11.6. The molecule has 1 N–H and O–H groups in total. The van der Waals surface area contributed by atoms with Crippen LogP contribution in [0.2, 0.25) is 0 Å². The van der Waals surface area contributed by atoms with Gasteiger partial charge in [-0.1, -0.05) is 24.3 Å². The molecule has 130 valence electrons. The molecular weight excluding hydrogens is 332 g/mol. The highest BCUT2D eigenvalue weighted by Gasteiger charge is 2.16. The van der Waals surface area contributed by atoms with E-state index in [4.69, 9.17) is 9.47 Å². The molecule has 5 heteroatoms. The van der Waals surface area contributed by atoms with Gasteiger partial charge in [0.15, 0.2) is 0 Å². The van der Waals surface area contributed by atoms with Crippen LogP contribution >= 0.6 is 11.8 Å². The molecule has 0 saturated carbocycles. The number of fused-ring (bicyclic) bond motifs is 1. The summed E-state index contributed by atoms with van der Waals surface area (Å²) in [6.07, 6.45) is 2.24. The van der Waals surface area contributed by atoms with Gasteiger partial charge in [0, 0.05) is 17.3 Å². The van der Waals surface area contributed by atoms with Crippen molar-refractivity contribution < 1.29 is 9.47 Å². The van der Waals surface area contributed by atoms with Crippen molar-refractivity contribution in [2.75, 3.05) is 43.6 Å². The van der Waals surface area contributed by atoms with Crippen LogP contribution in [0.4, 0.5) is 5.69 Å². The van der Waals surface area contributed by atoms with Gasteiger partial charge in [-0.3, -0.25) is 0 Å². The Hall–Kier alpha value is -2.11. The van der Waals surface area contributed by atoms with Crippen LogP contribution in [0.15, 0.2) is 53.4 Å². The van der Waals surface area contributed by atoms with E-state index >= 15 is 0 Å². The largest absolute Gasteiger partial charge is 0.492 e. The Morgan fingerprint density at radius 2 is 2.04 bits per heavy atom. The molecule has 0 unspecified atom stereocenters. The SMILES string of the molecule is C(=C1CNCS1)c1ccc(OCCN2CCOc3ccccc32)cc1. The van der Waals surface area contributed by atoms with Gasteiger partial charge in [0.2, 0.25) is 0 Å². The molecule has 1 fully saturated rings. The Labute approximate surface area is 152 Å². The predicted molar refractivity (Wildman–Crippen MR) is 105 cm³/mol. The van der Waals surface area contributed by atoms with Gasteiger partial charge in [0.05, 0.1) is 18.8 Å². The minimum Gasteiger partial charge on any atom is -0.492 e. The fourth-order valence-corrected chi connectivity index (χ4v) is 3.85. The maximum Gasteiger partial charge on any atom is 0.142 e. The van der Waals surface area contributed by atoms with E-state index in [0.717, 1.165) is 49.3 Å². The number of thioether (sulfide) groups is 1. The van der Waals surface area contributed by atoms with Gasteiger partial charge >= 0.3 is 0 Å². The van der Waals surface area contributed by atoms with Gasteiger partial charge in [-0.25, -0.2) is 0 Å². The van der Waals surface area contributed by atoms with Crippen molar-refractivity contribution in [3.63, 3.8) is 0 Å². The molecule has 2 aliphatic heterocycles. The monoisotopic (exact) mass is 354 g/mol. The van der Waals surface area contributed by atoms with Crippen molar-refractivity contribution >= 4 is 23.5 Å². The van der Waals surface area contributed by atoms with E-state index in [9.17, 15) is 0 Å². The molecule has 0 amide bonds. The lowest BCUT2D eigenvalue weighted by molar-refractivity contribution is 0.288. The number of hydrogen-bond acceptors (Lipinski definition) is 5. The van der Waals surface area contributed by atoms with Crippen LogP contribution in [0.25, 0.3) is 6.08 Å². The van der Waals surface area contributed by atoms with Crippen LogP contribution < -0.4 is 19.7 Å². The summed E-state index contributed by atoms with van der Waals surface area (Å²) in [6, 6.07) is 16.5. The van der Waals surface area contributed by atoms with Crippen LogP contribution in [0.5, 0.6) is 11.5 Å².